The molecule has 3 rings (SSSR count). The number of nitrogens with two attached hydrogens (primary N) is 1. The first-order valence-electron chi connectivity index (χ1n) is 8.02. The minimum absolute atomic E-state index is 0.759. The second-order valence-electron chi connectivity index (χ2n) is 6.33. The van der Waals surface area contributed by atoms with Gasteiger partial charge >= 0.3 is 0 Å². The molecule has 2 N–H and O–H groups in total. The van der Waals surface area contributed by atoms with Crippen LogP contribution < -0.4 is 5.73 Å². The molecule has 5 nitrogen and oxygen atoms in total. The Morgan fingerprint density at radius 1 is 1.05 bits per heavy atom. The van der Waals surface area contributed by atoms with Crippen LogP contribution in [0.25, 0.3) is 0 Å². The highest BCUT2D eigenvalue weighted by molar-refractivity contribution is 5.30. The molecule has 0 amide bonds. The average Bonchev–Trinajstić information content (AvgIpc) is 3.10. The van der Waals surface area contributed by atoms with Crippen LogP contribution in [-0.4, -0.2) is 58.8 Å². The molecule has 0 saturated carbocycles. The van der Waals surface area contributed by atoms with E-state index in [1.165, 1.54) is 58.4 Å². The first-order chi connectivity index (χ1) is 9.79. The Hall–Kier alpha value is -1.07. The molecule has 2 saturated heterocycles. The van der Waals surface area contributed by atoms with Crippen LogP contribution in [0.15, 0.2) is 12.4 Å². The molecule has 0 spiro atoms. The van der Waals surface area contributed by atoms with Crippen molar-refractivity contribution in [3.8, 4) is 0 Å². The molecule has 112 valence electrons. The molecule has 1 aromatic rings. The maximum absolute atomic E-state index is 5.68. The van der Waals surface area contributed by atoms with Crippen molar-refractivity contribution < 1.29 is 0 Å². The summed E-state index contributed by atoms with van der Waals surface area (Å²) in [6, 6.07) is 0. The largest absolute Gasteiger partial charge is 0.396 e. The summed E-state index contributed by atoms with van der Waals surface area (Å²) >= 11 is 0. The number of rotatable bonds is 5. The van der Waals surface area contributed by atoms with E-state index in [-0.39, 0.29) is 0 Å². The number of hydrogen-bond donors (Lipinski definition) is 1. The van der Waals surface area contributed by atoms with E-state index < -0.39 is 0 Å². The molecule has 1 aromatic heterocycles. The topological polar surface area (TPSA) is 50.3 Å². The third-order valence-corrected chi connectivity index (χ3v) is 4.72. The summed E-state index contributed by atoms with van der Waals surface area (Å²) in [7, 11) is 0. The van der Waals surface area contributed by atoms with E-state index in [0.29, 0.717) is 0 Å². The number of nitrogen functional groups attached to an aromatic ring is 1. The van der Waals surface area contributed by atoms with Gasteiger partial charge in [0.25, 0.3) is 0 Å². The SMILES string of the molecule is Nc1cnn(CCN2CCC(CN3CCCC3)CC2)c1. The van der Waals surface area contributed by atoms with E-state index in [1.54, 1.807) is 6.20 Å². The summed E-state index contributed by atoms with van der Waals surface area (Å²) in [5.41, 5.74) is 6.44. The fourth-order valence-electron chi connectivity index (χ4n) is 3.47. The Morgan fingerprint density at radius 2 is 1.80 bits per heavy atom. The molecule has 0 atom stereocenters. The molecular weight excluding hydrogens is 250 g/mol. The van der Waals surface area contributed by atoms with Crippen LogP contribution >= 0.6 is 0 Å². The Bertz CT molecular complexity index is 402. The zero-order valence-electron chi connectivity index (χ0n) is 12.4. The molecule has 0 radical (unpaired) electrons. The molecule has 0 unspecified atom stereocenters. The van der Waals surface area contributed by atoms with Crippen molar-refractivity contribution in [3.05, 3.63) is 12.4 Å². The maximum Gasteiger partial charge on any atom is 0.0719 e. The van der Waals surface area contributed by atoms with Gasteiger partial charge in [0.15, 0.2) is 0 Å². The number of anilines is 1. The predicted molar refractivity (Wildman–Crippen MR) is 81.5 cm³/mol. The lowest BCUT2D eigenvalue weighted by Crippen LogP contribution is -2.39. The Balaban J connectivity index is 1.35. The first kappa shape index (κ1) is 13.9. The molecule has 5 heteroatoms. The van der Waals surface area contributed by atoms with Gasteiger partial charge < -0.3 is 15.5 Å². The third-order valence-electron chi connectivity index (χ3n) is 4.72. The van der Waals surface area contributed by atoms with Gasteiger partial charge in [0.05, 0.1) is 18.4 Å². The summed E-state index contributed by atoms with van der Waals surface area (Å²) in [4.78, 5) is 5.23. The summed E-state index contributed by atoms with van der Waals surface area (Å²) in [6.45, 7) is 8.54. The molecule has 0 bridgehead atoms. The molecule has 20 heavy (non-hydrogen) atoms. The van der Waals surface area contributed by atoms with E-state index in [9.17, 15) is 0 Å². The lowest BCUT2D eigenvalue weighted by atomic mass is 9.96. The van der Waals surface area contributed by atoms with Crippen molar-refractivity contribution >= 4 is 5.69 Å². The van der Waals surface area contributed by atoms with E-state index in [2.05, 4.69) is 14.9 Å². The molecule has 2 fully saturated rings. The number of nitrogens with zero attached hydrogens (tertiary/aromatic N) is 4. The Labute approximate surface area is 121 Å². The van der Waals surface area contributed by atoms with E-state index in [0.717, 1.165) is 24.7 Å². The maximum atomic E-state index is 5.68. The van der Waals surface area contributed by atoms with Crippen molar-refractivity contribution in [1.29, 1.82) is 0 Å². The number of hydrogen-bond acceptors (Lipinski definition) is 4. The van der Waals surface area contributed by atoms with Crippen molar-refractivity contribution in [2.45, 2.75) is 32.2 Å². The lowest BCUT2D eigenvalue weighted by molar-refractivity contribution is 0.149. The summed E-state index contributed by atoms with van der Waals surface area (Å²) in [5.74, 6) is 0.921. The fraction of sp³-hybridized carbons (Fsp3) is 0.800. The highest BCUT2D eigenvalue weighted by Crippen LogP contribution is 2.20. The standard InChI is InChI=1S/C15H27N5/c16-15-11-17-20(13-15)10-9-18-7-3-14(4-8-18)12-19-5-1-2-6-19/h11,13-14H,1-10,12,16H2. The van der Waals surface area contributed by atoms with Gasteiger partial charge in [0.2, 0.25) is 0 Å². The van der Waals surface area contributed by atoms with E-state index >= 15 is 0 Å². The van der Waals surface area contributed by atoms with Crippen LogP contribution in [0.5, 0.6) is 0 Å². The van der Waals surface area contributed by atoms with Gasteiger partial charge in [0, 0.05) is 19.3 Å². The molecule has 3 heterocycles. The second-order valence-corrected chi connectivity index (χ2v) is 6.33. The predicted octanol–water partition coefficient (Wildman–Crippen LogP) is 1.27. The van der Waals surface area contributed by atoms with Gasteiger partial charge in [-0.25, -0.2) is 0 Å². The summed E-state index contributed by atoms with van der Waals surface area (Å²) < 4.78 is 1.95. The van der Waals surface area contributed by atoms with Crippen molar-refractivity contribution in [2.24, 2.45) is 5.92 Å². The van der Waals surface area contributed by atoms with Crippen molar-refractivity contribution in [3.63, 3.8) is 0 Å². The molecular formula is C15H27N5. The molecule has 2 aliphatic heterocycles. The first-order valence-corrected chi connectivity index (χ1v) is 8.02. The molecule has 0 aliphatic carbocycles. The summed E-state index contributed by atoms with van der Waals surface area (Å²) in [6.07, 6.45) is 9.18. The monoisotopic (exact) mass is 277 g/mol. The van der Waals surface area contributed by atoms with Crippen LogP contribution in [0.4, 0.5) is 5.69 Å². The second kappa shape index (κ2) is 6.59. The van der Waals surface area contributed by atoms with Gasteiger partial charge in [-0.1, -0.05) is 0 Å². The van der Waals surface area contributed by atoms with Crippen LogP contribution in [0.1, 0.15) is 25.7 Å². The van der Waals surface area contributed by atoms with Crippen LogP contribution in [-0.2, 0) is 6.54 Å². The average molecular weight is 277 g/mol. The zero-order valence-corrected chi connectivity index (χ0v) is 12.4. The minimum Gasteiger partial charge on any atom is -0.396 e. The van der Waals surface area contributed by atoms with Crippen LogP contribution in [0.2, 0.25) is 0 Å². The quantitative estimate of drug-likeness (QED) is 0.880. The normalized spacial score (nSPS) is 22.6. The van der Waals surface area contributed by atoms with Crippen molar-refractivity contribution in [2.75, 3.05) is 45.0 Å². The van der Waals surface area contributed by atoms with Gasteiger partial charge in [0.1, 0.15) is 0 Å². The smallest absolute Gasteiger partial charge is 0.0719 e. The van der Waals surface area contributed by atoms with Gasteiger partial charge in [-0.3, -0.25) is 4.68 Å². The number of piperidine rings is 1. The van der Waals surface area contributed by atoms with Crippen LogP contribution in [0.3, 0.4) is 0 Å². The van der Waals surface area contributed by atoms with Crippen molar-refractivity contribution in [1.82, 2.24) is 19.6 Å². The number of aromatic nitrogens is 2. The Kier molecular flexibility index (Phi) is 4.58. The lowest BCUT2D eigenvalue weighted by Gasteiger charge is -2.33. The Morgan fingerprint density at radius 3 is 2.45 bits per heavy atom. The number of likely N-dealkylation sites (tertiary alicyclic amines) is 2. The van der Waals surface area contributed by atoms with Gasteiger partial charge in [-0.05, 0) is 57.8 Å². The fourth-order valence-corrected chi connectivity index (χ4v) is 3.47. The van der Waals surface area contributed by atoms with Gasteiger partial charge in [-0.2, -0.15) is 5.10 Å². The van der Waals surface area contributed by atoms with E-state index in [4.69, 9.17) is 5.73 Å². The molecule has 0 aromatic carbocycles. The zero-order chi connectivity index (χ0) is 13.8. The van der Waals surface area contributed by atoms with Gasteiger partial charge in [-0.15, -0.1) is 0 Å². The highest BCUT2D eigenvalue weighted by Gasteiger charge is 2.22. The van der Waals surface area contributed by atoms with Crippen LogP contribution in [0, 0.1) is 5.92 Å². The third kappa shape index (κ3) is 3.73. The van der Waals surface area contributed by atoms with E-state index in [1.807, 2.05) is 10.9 Å². The summed E-state index contributed by atoms with van der Waals surface area (Å²) in [5, 5.41) is 4.24. The highest BCUT2D eigenvalue weighted by atomic mass is 15.3. The molecule has 2 aliphatic rings. The minimum atomic E-state index is 0.759.